The van der Waals surface area contributed by atoms with Crippen LogP contribution in [0, 0.1) is 0 Å². The Hall–Kier alpha value is -2.87. The van der Waals surface area contributed by atoms with Crippen molar-refractivity contribution in [3.05, 3.63) is 90.0 Å². The molecule has 0 amide bonds. The molecule has 0 bridgehead atoms. The summed E-state index contributed by atoms with van der Waals surface area (Å²) in [6.45, 7) is 0.959. The SMILES string of the molecule is c1ccc(N2CCC(C3c4ccccc4-c4ccccc43)=N2)cc1. The maximum atomic E-state index is 4.99. The van der Waals surface area contributed by atoms with Crippen LogP contribution in [0.15, 0.2) is 84.0 Å². The number of anilines is 1. The molecule has 0 aromatic heterocycles. The van der Waals surface area contributed by atoms with Crippen molar-refractivity contribution in [3.8, 4) is 11.1 Å². The molecule has 0 saturated carbocycles. The minimum absolute atomic E-state index is 0.297. The highest BCUT2D eigenvalue weighted by Crippen LogP contribution is 2.46. The maximum Gasteiger partial charge on any atom is 0.0594 e. The molecule has 0 radical (unpaired) electrons. The summed E-state index contributed by atoms with van der Waals surface area (Å²) in [7, 11) is 0. The minimum Gasteiger partial charge on any atom is -0.265 e. The monoisotopic (exact) mass is 310 g/mol. The standard InChI is InChI=1S/C22H18N2/c1-2-8-16(9-3-1)24-15-14-21(23-24)22-19-12-6-4-10-17(19)18-11-5-7-13-20(18)22/h1-13,22H,14-15H2. The van der Waals surface area contributed by atoms with Gasteiger partial charge in [0.15, 0.2) is 0 Å². The second-order valence-corrected chi connectivity index (χ2v) is 6.41. The van der Waals surface area contributed by atoms with E-state index < -0.39 is 0 Å². The second kappa shape index (κ2) is 5.34. The fourth-order valence-electron chi connectivity index (χ4n) is 3.98. The zero-order valence-corrected chi connectivity index (χ0v) is 13.4. The third-order valence-electron chi connectivity index (χ3n) is 5.05. The molecular formula is C22H18N2. The molecular weight excluding hydrogens is 292 g/mol. The Morgan fingerprint density at radius 1 is 0.708 bits per heavy atom. The molecule has 0 N–H and O–H groups in total. The van der Waals surface area contributed by atoms with Gasteiger partial charge in [0.2, 0.25) is 0 Å². The summed E-state index contributed by atoms with van der Waals surface area (Å²) in [4.78, 5) is 0. The normalized spacial score (nSPS) is 16.0. The van der Waals surface area contributed by atoms with Gasteiger partial charge in [-0.3, -0.25) is 5.01 Å². The zero-order valence-electron chi connectivity index (χ0n) is 13.4. The van der Waals surface area contributed by atoms with Gasteiger partial charge >= 0.3 is 0 Å². The van der Waals surface area contributed by atoms with Gasteiger partial charge in [-0.15, -0.1) is 0 Å². The summed E-state index contributed by atoms with van der Waals surface area (Å²) >= 11 is 0. The molecule has 116 valence electrons. The van der Waals surface area contributed by atoms with E-state index in [2.05, 4.69) is 77.8 Å². The smallest absolute Gasteiger partial charge is 0.0594 e. The summed E-state index contributed by atoms with van der Waals surface area (Å²) < 4.78 is 0. The number of nitrogens with zero attached hydrogens (tertiary/aromatic N) is 2. The Bertz CT molecular complexity index is 882. The highest BCUT2D eigenvalue weighted by molar-refractivity contribution is 6.02. The van der Waals surface area contributed by atoms with Crippen molar-refractivity contribution >= 4 is 11.4 Å². The van der Waals surface area contributed by atoms with E-state index in [1.807, 2.05) is 6.07 Å². The Morgan fingerprint density at radius 3 is 1.96 bits per heavy atom. The number of para-hydroxylation sites is 1. The van der Waals surface area contributed by atoms with Gasteiger partial charge in [0.1, 0.15) is 0 Å². The summed E-state index contributed by atoms with van der Waals surface area (Å²) in [5.74, 6) is 0.297. The molecule has 0 atom stereocenters. The van der Waals surface area contributed by atoms with E-state index in [9.17, 15) is 0 Å². The molecule has 1 aliphatic heterocycles. The van der Waals surface area contributed by atoms with E-state index in [0.29, 0.717) is 5.92 Å². The molecule has 0 spiro atoms. The quantitative estimate of drug-likeness (QED) is 0.645. The van der Waals surface area contributed by atoms with Crippen LogP contribution in [0.25, 0.3) is 11.1 Å². The molecule has 0 fully saturated rings. The third kappa shape index (κ3) is 2.00. The molecule has 2 nitrogen and oxygen atoms in total. The fourth-order valence-corrected chi connectivity index (χ4v) is 3.98. The van der Waals surface area contributed by atoms with Crippen molar-refractivity contribution in [2.24, 2.45) is 5.10 Å². The highest BCUT2D eigenvalue weighted by Gasteiger charge is 2.34. The number of rotatable bonds is 2. The Balaban J connectivity index is 1.60. The predicted octanol–water partition coefficient (Wildman–Crippen LogP) is 5.07. The van der Waals surface area contributed by atoms with E-state index in [4.69, 9.17) is 5.10 Å². The van der Waals surface area contributed by atoms with E-state index >= 15 is 0 Å². The lowest BCUT2D eigenvalue weighted by Gasteiger charge is -2.14. The molecule has 2 aliphatic rings. The fraction of sp³-hybridized carbons (Fsp3) is 0.136. The Morgan fingerprint density at radius 2 is 1.29 bits per heavy atom. The van der Waals surface area contributed by atoms with Crippen molar-refractivity contribution in [1.82, 2.24) is 0 Å². The van der Waals surface area contributed by atoms with Gasteiger partial charge in [-0.25, -0.2) is 0 Å². The van der Waals surface area contributed by atoms with Gasteiger partial charge in [0.05, 0.1) is 17.3 Å². The van der Waals surface area contributed by atoms with Gasteiger partial charge in [0.25, 0.3) is 0 Å². The molecule has 2 heteroatoms. The van der Waals surface area contributed by atoms with Crippen LogP contribution in [0.2, 0.25) is 0 Å². The minimum atomic E-state index is 0.297. The van der Waals surface area contributed by atoms with Crippen LogP contribution in [0.5, 0.6) is 0 Å². The summed E-state index contributed by atoms with van der Waals surface area (Å²) in [5, 5.41) is 7.13. The van der Waals surface area contributed by atoms with Crippen molar-refractivity contribution in [1.29, 1.82) is 0 Å². The first-order chi connectivity index (χ1) is 11.9. The van der Waals surface area contributed by atoms with Crippen LogP contribution in [-0.4, -0.2) is 12.3 Å². The van der Waals surface area contributed by atoms with E-state index in [0.717, 1.165) is 13.0 Å². The average molecular weight is 310 g/mol. The topological polar surface area (TPSA) is 15.6 Å². The lowest BCUT2D eigenvalue weighted by molar-refractivity contribution is 0.922. The van der Waals surface area contributed by atoms with Gasteiger partial charge in [0, 0.05) is 13.0 Å². The molecule has 24 heavy (non-hydrogen) atoms. The molecule has 1 aliphatic carbocycles. The van der Waals surface area contributed by atoms with Crippen LogP contribution in [0.3, 0.4) is 0 Å². The molecule has 0 saturated heterocycles. The first-order valence-corrected chi connectivity index (χ1v) is 8.50. The Labute approximate surface area is 142 Å². The predicted molar refractivity (Wildman–Crippen MR) is 99.6 cm³/mol. The van der Waals surface area contributed by atoms with Crippen LogP contribution >= 0.6 is 0 Å². The zero-order chi connectivity index (χ0) is 15.9. The van der Waals surface area contributed by atoms with E-state index in [1.54, 1.807) is 0 Å². The first kappa shape index (κ1) is 13.6. The summed E-state index contributed by atoms with van der Waals surface area (Å²) in [6.07, 6.45) is 1.02. The van der Waals surface area contributed by atoms with Crippen LogP contribution in [0.1, 0.15) is 23.5 Å². The number of hydrogen-bond acceptors (Lipinski definition) is 2. The number of benzene rings is 3. The van der Waals surface area contributed by atoms with Crippen LogP contribution in [0.4, 0.5) is 5.69 Å². The van der Waals surface area contributed by atoms with Gasteiger partial charge in [-0.05, 0) is 34.4 Å². The number of fused-ring (bicyclic) bond motifs is 3. The third-order valence-corrected chi connectivity index (χ3v) is 5.05. The maximum absolute atomic E-state index is 4.99. The Kier molecular flexibility index (Phi) is 3.02. The average Bonchev–Trinajstić information content (AvgIpc) is 3.25. The van der Waals surface area contributed by atoms with Crippen molar-refractivity contribution in [2.75, 3.05) is 11.6 Å². The molecule has 3 aromatic rings. The van der Waals surface area contributed by atoms with Crippen molar-refractivity contribution in [2.45, 2.75) is 12.3 Å². The van der Waals surface area contributed by atoms with Gasteiger partial charge in [-0.1, -0.05) is 66.7 Å². The van der Waals surface area contributed by atoms with Crippen molar-refractivity contribution in [3.63, 3.8) is 0 Å². The van der Waals surface area contributed by atoms with Crippen LogP contribution in [-0.2, 0) is 0 Å². The largest absolute Gasteiger partial charge is 0.265 e. The molecule has 5 rings (SSSR count). The van der Waals surface area contributed by atoms with Crippen LogP contribution < -0.4 is 5.01 Å². The van der Waals surface area contributed by atoms with E-state index in [1.165, 1.54) is 33.7 Å². The van der Waals surface area contributed by atoms with E-state index in [-0.39, 0.29) is 0 Å². The number of hydrazone groups is 1. The lowest BCUT2D eigenvalue weighted by Crippen LogP contribution is -2.11. The van der Waals surface area contributed by atoms with Gasteiger partial charge < -0.3 is 0 Å². The lowest BCUT2D eigenvalue weighted by atomic mass is 9.91. The summed E-state index contributed by atoms with van der Waals surface area (Å²) in [5.41, 5.74) is 7.96. The highest BCUT2D eigenvalue weighted by atomic mass is 15.5. The second-order valence-electron chi connectivity index (χ2n) is 6.41. The number of hydrogen-bond donors (Lipinski definition) is 0. The van der Waals surface area contributed by atoms with Gasteiger partial charge in [-0.2, -0.15) is 5.10 Å². The molecule has 1 heterocycles. The van der Waals surface area contributed by atoms with Crippen molar-refractivity contribution < 1.29 is 0 Å². The first-order valence-electron chi connectivity index (χ1n) is 8.50. The molecule has 0 unspecified atom stereocenters. The molecule has 3 aromatic carbocycles. The summed E-state index contributed by atoms with van der Waals surface area (Å²) in [6, 6.07) is 28.0.